The van der Waals surface area contributed by atoms with Gasteiger partial charge in [-0.25, -0.2) is 13.9 Å². The highest BCUT2D eigenvalue weighted by atomic mass is 19.1. The van der Waals surface area contributed by atoms with E-state index in [2.05, 4.69) is 20.3 Å². The summed E-state index contributed by atoms with van der Waals surface area (Å²) >= 11 is 0. The number of aromatic amines is 1. The zero-order valence-electron chi connectivity index (χ0n) is 17.7. The Morgan fingerprint density at radius 1 is 1.31 bits per heavy atom. The lowest BCUT2D eigenvalue weighted by atomic mass is 10.0. The predicted molar refractivity (Wildman–Crippen MR) is 115 cm³/mol. The molecule has 1 atom stereocenters. The molecular formula is C23H23FN6O2. The Morgan fingerprint density at radius 2 is 2.19 bits per heavy atom. The number of halogens is 1. The predicted octanol–water partition coefficient (Wildman–Crippen LogP) is 3.15. The molecule has 1 fully saturated rings. The maximum absolute atomic E-state index is 13.6. The number of amides is 1. The number of fused-ring (bicyclic) bond motifs is 1. The number of aryl methyl sites for hydroxylation is 1. The van der Waals surface area contributed by atoms with Crippen LogP contribution in [0.2, 0.25) is 0 Å². The molecule has 9 heteroatoms. The van der Waals surface area contributed by atoms with Gasteiger partial charge in [-0.1, -0.05) is 12.1 Å². The minimum absolute atomic E-state index is 0.0621. The molecule has 0 aliphatic carbocycles. The second-order valence-electron chi connectivity index (χ2n) is 8.04. The molecular weight excluding hydrogens is 411 g/mol. The number of para-hydroxylation sites is 1. The van der Waals surface area contributed by atoms with Crippen molar-refractivity contribution in [3.63, 3.8) is 0 Å². The normalized spacial score (nSPS) is 16.1. The number of benzene rings is 1. The number of carbonyl (C=O) groups is 1. The molecule has 4 heterocycles. The first-order valence-corrected chi connectivity index (χ1v) is 10.6. The number of hydrogen-bond donors (Lipinski definition) is 1. The molecule has 0 saturated carbocycles. The summed E-state index contributed by atoms with van der Waals surface area (Å²) in [4.78, 5) is 19.3. The van der Waals surface area contributed by atoms with E-state index in [1.807, 2.05) is 24.1 Å². The van der Waals surface area contributed by atoms with Gasteiger partial charge in [0.25, 0.3) is 5.91 Å². The SMILES string of the molecule is Cc1cnc2c(C(=O)N3CC[C@H](c4cc(CCOc5ccccc5F)[nH]n4)C3)cnn2c1. The van der Waals surface area contributed by atoms with Crippen molar-refractivity contribution in [2.45, 2.75) is 25.7 Å². The molecule has 0 bridgehead atoms. The van der Waals surface area contributed by atoms with Crippen LogP contribution in [0, 0.1) is 12.7 Å². The van der Waals surface area contributed by atoms with E-state index < -0.39 is 0 Å². The highest BCUT2D eigenvalue weighted by Gasteiger charge is 2.31. The minimum Gasteiger partial charge on any atom is -0.490 e. The maximum atomic E-state index is 13.6. The van der Waals surface area contributed by atoms with Crippen molar-refractivity contribution in [2.24, 2.45) is 0 Å². The fourth-order valence-corrected chi connectivity index (χ4v) is 4.02. The van der Waals surface area contributed by atoms with Crippen LogP contribution in [0.4, 0.5) is 4.39 Å². The lowest BCUT2D eigenvalue weighted by Gasteiger charge is -2.15. The lowest BCUT2D eigenvalue weighted by Crippen LogP contribution is -2.28. The summed E-state index contributed by atoms with van der Waals surface area (Å²) in [5, 5.41) is 11.7. The monoisotopic (exact) mass is 434 g/mol. The van der Waals surface area contributed by atoms with Crippen molar-refractivity contribution >= 4 is 11.6 Å². The molecule has 32 heavy (non-hydrogen) atoms. The lowest BCUT2D eigenvalue weighted by molar-refractivity contribution is 0.0792. The molecule has 0 unspecified atom stereocenters. The van der Waals surface area contributed by atoms with Crippen LogP contribution in [0.25, 0.3) is 5.65 Å². The number of likely N-dealkylation sites (tertiary alicyclic amines) is 1. The zero-order chi connectivity index (χ0) is 22.1. The number of aromatic nitrogens is 5. The van der Waals surface area contributed by atoms with Gasteiger partial charge in [0.1, 0.15) is 5.56 Å². The molecule has 1 aliphatic heterocycles. The van der Waals surface area contributed by atoms with E-state index in [1.54, 1.807) is 35.1 Å². The standard InChI is InChI=1S/C23H23FN6O2/c1-15-11-25-22-18(12-26-30(22)13-15)23(31)29-8-6-16(14-29)20-10-17(27-28-20)7-9-32-21-5-3-2-4-19(21)24/h2-5,10-13,16H,6-9,14H2,1H3,(H,27,28)/t16-/m0/s1. The third kappa shape index (κ3) is 3.93. The van der Waals surface area contributed by atoms with E-state index in [-0.39, 0.29) is 23.4 Å². The van der Waals surface area contributed by atoms with E-state index >= 15 is 0 Å². The first-order chi connectivity index (χ1) is 15.6. The van der Waals surface area contributed by atoms with Gasteiger partial charge in [0, 0.05) is 43.5 Å². The average Bonchev–Trinajstić information content (AvgIpc) is 3.54. The van der Waals surface area contributed by atoms with Gasteiger partial charge in [-0.05, 0) is 37.1 Å². The molecule has 1 N–H and O–H groups in total. The molecule has 1 saturated heterocycles. The van der Waals surface area contributed by atoms with Crippen LogP contribution in [0.5, 0.6) is 5.75 Å². The number of H-pyrrole nitrogens is 1. The van der Waals surface area contributed by atoms with Gasteiger partial charge >= 0.3 is 0 Å². The summed E-state index contributed by atoms with van der Waals surface area (Å²) in [5.41, 5.74) is 3.91. The molecule has 3 aromatic heterocycles. The van der Waals surface area contributed by atoms with Crippen LogP contribution in [0.1, 0.15) is 39.6 Å². The van der Waals surface area contributed by atoms with Gasteiger partial charge in [0.15, 0.2) is 17.2 Å². The number of nitrogens with one attached hydrogen (secondary N) is 1. The molecule has 4 aromatic rings. The number of hydrogen-bond acceptors (Lipinski definition) is 5. The topological polar surface area (TPSA) is 88.4 Å². The number of nitrogens with zero attached hydrogens (tertiary/aromatic N) is 5. The van der Waals surface area contributed by atoms with Gasteiger partial charge in [0.05, 0.1) is 18.5 Å². The maximum Gasteiger partial charge on any atom is 0.259 e. The first kappa shape index (κ1) is 20.2. The molecule has 1 aliphatic rings. The van der Waals surface area contributed by atoms with Crippen LogP contribution in [-0.2, 0) is 6.42 Å². The second-order valence-corrected chi connectivity index (χ2v) is 8.04. The molecule has 8 nitrogen and oxygen atoms in total. The Labute approximate surface area is 184 Å². The van der Waals surface area contributed by atoms with Crippen molar-refractivity contribution in [1.29, 1.82) is 0 Å². The van der Waals surface area contributed by atoms with Crippen LogP contribution >= 0.6 is 0 Å². The van der Waals surface area contributed by atoms with E-state index in [1.165, 1.54) is 6.07 Å². The fraction of sp³-hybridized carbons (Fsp3) is 0.304. The Bertz CT molecular complexity index is 1270. The van der Waals surface area contributed by atoms with E-state index in [4.69, 9.17) is 4.74 Å². The van der Waals surface area contributed by atoms with E-state index in [9.17, 15) is 9.18 Å². The number of ether oxygens (including phenoxy) is 1. The van der Waals surface area contributed by atoms with E-state index in [0.717, 1.165) is 23.4 Å². The van der Waals surface area contributed by atoms with Crippen molar-refractivity contribution in [2.75, 3.05) is 19.7 Å². The van der Waals surface area contributed by atoms with Gasteiger partial charge in [-0.3, -0.25) is 9.89 Å². The van der Waals surface area contributed by atoms with Crippen LogP contribution in [0.3, 0.4) is 0 Å². The molecule has 1 aromatic carbocycles. The molecule has 0 spiro atoms. The van der Waals surface area contributed by atoms with Crippen molar-refractivity contribution in [1.82, 2.24) is 29.7 Å². The van der Waals surface area contributed by atoms with Crippen molar-refractivity contribution in [3.8, 4) is 5.75 Å². The minimum atomic E-state index is -0.370. The average molecular weight is 434 g/mol. The Hall–Kier alpha value is -3.75. The summed E-state index contributed by atoms with van der Waals surface area (Å²) in [6.07, 6.45) is 6.60. The summed E-state index contributed by atoms with van der Waals surface area (Å²) in [6, 6.07) is 8.36. The number of carbonyl (C=O) groups excluding carboxylic acids is 1. The fourth-order valence-electron chi connectivity index (χ4n) is 4.02. The Morgan fingerprint density at radius 3 is 3.06 bits per heavy atom. The van der Waals surface area contributed by atoms with Gasteiger partial charge < -0.3 is 9.64 Å². The summed E-state index contributed by atoms with van der Waals surface area (Å²) in [6.45, 7) is 3.54. The van der Waals surface area contributed by atoms with Crippen LogP contribution in [-0.4, -0.2) is 55.3 Å². The summed E-state index contributed by atoms with van der Waals surface area (Å²) < 4.78 is 20.8. The zero-order valence-corrected chi connectivity index (χ0v) is 17.7. The third-order valence-electron chi connectivity index (χ3n) is 5.73. The van der Waals surface area contributed by atoms with Gasteiger partial charge in [0.2, 0.25) is 0 Å². The first-order valence-electron chi connectivity index (χ1n) is 10.6. The second kappa shape index (κ2) is 8.41. The molecule has 5 rings (SSSR count). The third-order valence-corrected chi connectivity index (χ3v) is 5.73. The smallest absolute Gasteiger partial charge is 0.259 e. The van der Waals surface area contributed by atoms with E-state index in [0.29, 0.717) is 37.3 Å². The summed E-state index contributed by atoms with van der Waals surface area (Å²) in [5.74, 6) is -0.0269. The summed E-state index contributed by atoms with van der Waals surface area (Å²) in [7, 11) is 0. The number of rotatable bonds is 6. The Kier molecular flexibility index (Phi) is 5.30. The van der Waals surface area contributed by atoms with Crippen LogP contribution in [0.15, 0.2) is 48.9 Å². The molecule has 1 amide bonds. The van der Waals surface area contributed by atoms with Crippen LogP contribution < -0.4 is 4.74 Å². The van der Waals surface area contributed by atoms with Gasteiger partial charge in [-0.2, -0.15) is 10.2 Å². The van der Waals surface area contributed by atoms with Crippen molar-refractivity contribution < 1.29 is 13.9 Å². The highest BCUT2D eigenvalue weighted by Crippen LogP contribution is 2.28. The van der Waals surface area contributed by atoms with Gasteiger partial charge in [-0.15, -0.1) is 0 Å². The largest absolute Gasteiger partial charge is 0.490 e. The molecule has 164 valence electrons. The quantitative estimate of drug-likeness (QED) is 0.504. The molecule has 0 radical (unpaired) electrons. The van der Waals surface area contributed by atoms with Crippen molar-refractivity contribution in [3.05, 3.63) is 77.3 Å². The Balaban J connectivity index is 1.20. The highest BCUT2D eigenvalue weighted by molar-refractivity contribution is 5.99.